The van der Waals surface area contributed by atoms with Crippen LogP contribution in [0, 0.1) is 5.41 Å². The number of hydrogen-bond donors (Lipinski definition) is 5. The molecule has 1 atom stereocenters. The van der Waals surface area contributed by atoms with E-state index in [1.54, 1.807) is 12.1 Å². The second-order valence-corrected chi connectivity index (χ2v) is 6.46. The van der Waals surface area contributed by atoms with Crippen molar-refractivity contribution >= 4 is 17.3 Å². The summed E-state index contributed by atoms with van der Waals surface area (Å²) in [4.78, 5) is 11.3. The number of aliphatic hydroxyl groups is 1. The Bertz CT molecular complexity index is 818. The van der Waals surface area contributed by atoms with Crippen molar-refractivity contribution in [2.24, 2.45) is 5.73 Å². The molecular weight excluding hydrogens is 335 g/mol. The molecule has 136 valence electrons. The molecule has 1 aromatic carbocycles. The number of hydrogen-bond acceptors (Lipinski definition) is 5. The lowest BCUT2D eigenvalue weighted by molar-refractivity contribution is -0.114. The standard InChI is InChI=1S/C19H21FN4O2/c20-14-8-12(17(21)16(9-14)18(22)25)10-24-15-4-2-13(3-5-15)19(26)6-1-7-23-11-19/h2-5,8-10,21,23-24,26H,1,6-7,11H2,(H2,22,25)/b12-10-,21-17?. The van der Waals surface area contributed by atoms with Crippen molar-refractivity contribution in [3.8, 4) is 0 Å². The molecule has 1 aromatic rings. The fourth-order valence-electron chi connectivity index (χ4n) is 3.11. The number of amides is 1. The number of nitrogens with two attached hydrogens (primary N) is 1. The molecule has 1 saturated heterocycles. The third kappa shape index (κ3) is 3.74. The smallest absolute Gasteiger partial charge is 0.250 e. The summed E-state index contributed by atoms with van der Waals surface area (Å²) in [6.45, 7) is 1.43. The number of carbonyl (C=O) groups is 1. The van der Waals surface area contributed by atoms with Crippen LogP contribution in [-0.4, -0.2) is 29.8 Å². The fraction of sp³-hybridized carbons (Fsp3) is 0.263. The van der Waals surface area contributed by atoms with Crippen molar-refractivity contribution in [1.82, 2.24) is 5.32 Å². The molecule has 1 aliphatic heterocycles. The molecule has 7 heteroatoms. The summed E-state index contributed by atoms with van der Waals surface area (Å²) in [7, 11) is 0. The van der Waals surface area contributed by atoms with Crippen LogP contribution in [0.15, 0.2) is 59.6 Å². The van der Waals surface area contributed by atoms with Gasteiger partial charge >= 0.3 is 0 Å². The summed E-state index contributed by atoms with van der Waals surface area (Å²) in [6.07, 6.45) is 5.19. The summed E-state index contributed by atoms with van der Waals surface area (Å²) in [5.74, 6) is -1.48. The van der Waals surface area contributed by atoms with Gasteiger partial charge < -0.3 is 21.5 Å². The van der Waals surface area contributed by atoms with E-state index in [0.717, 1.165) is 30.7 Å². The average molecular weight is 356 g/mol. The van der Waals surface area contributed by atoms with Crippen LogP contribution in [0.2, 0.25) is 0 Å². The third-order valence-electron chi connectivity index (χ3n) is 4.58. The lowest BCUT2D eigenvalue weighted by Gasteiger charge is -2.33. The second-order valence-electron chi connectivity index (χ2n) is 6.46. The molecule has 1 fully saturated rings. The van der Waals surface area contributed by atoms with E-state index in [1.807, 2.05) is 12.1 Å². The Labute approximate surface area is 150 Å². The van der Waals surface area contributed by atoms with Crippen LogP contribution >= 0.6 is 0 Å². The minimum Gasteiger partial charge on any atom is -0.384 e. The van der Waals surface area contributed by atoms with Crippen LogP contribution in [0.25, 0.3) is 0 Å². The van der Waals surface area contributed by atoms with Gasteiger partial charge in [0.15, 0.2) is 0 Å². The predicted molar refractivity (Wildman–Crippen MR) is 98.3 cm³/mol. The van der Waals surface area contributed by atoms with Gasteiger partial charge in [-0.2, -0.15) is 0 Å². The summed E-state index contributed by atoms with van der Waals surface area (Å²) in [6, 6.07) is 7.28. The number of anilines is 1. The summed E-state index contributed by atoms with van der Waals surface area (Å²) < 4.78 is 13.6. The number of piperidine rings is 1. The minimum absolute atomic E-state index is 0.134. The first-order valence-corrected chi connectivity index (χ1v) is 8.37. The van der Waals surface area contributed by atoms with E-state index >= 15 is 0 Å². The highest BCUT2D eigenvalue weighted by Gasteiger charge is 2.30. The van der Waals surface area contributed by atoms with Crippen molar-refractivity contribution in [2.45, 2.75) is 18.4 Å². The van der Waals surface area contributed by atoms with Crippen molar-refractivity contribution in [3.05, 3.63) is 65.2 Å². The summed E-state index contributed by atoms with van der Waals surface area (Å²) in [5.41, 5.74) is 5.77. The predicted octanol–water partition coefficient (Wildman–Crippen LogP) is 1.85. The first-order valence-electron chi connectivity index (χ1n) is 8.37. The normalized spacial score (nSPS) is 24.8. The molecule has 0 radical (unpaired) electrons. The van der Waals surface area contributed by atoms with E-state index in [4.69, 9.17) is 11.1 Å². The van der Waals surface area contributed by atoms with E-state index in [1.165, 1.54) is 6.20 Å². The molecule has 1 aliphatic carbocycles. The van der Waals surface area contributed by atoms with Crippen molar-refractivity contribution in [3.63, 3.8) is 0 Å². The first-order chi connectivity index (χ1) is 12.4. The molecule has 1 amide bonds. The largest absolute Gasteiger partial charge is 0.384 e. The molecule has 0 spiro atoms. The van der Waals surface area contributed by atoms with Gasteiger partial charge in [-0.25, -0.2) is 4.39 Å². The summed E-state index contributed by atoms with van der Waals surface area (Å²) in [5, 5.41) is 24.8. The number of primary amides is 1. The molecule has 3 rings (SSSR count). The van der Waals surface area contributed by atoms with Gasteiger partial charge in [0.2, 0.25) is 0 Å². The molecule has 0 saturated carbocycles. The van der Waals surface area contributed by atoms with Crippen LogP contribution in [-0.2, 0) is 10.4 Å². The zero-order chi connectivity index (χ0) is 18.7. The second kappa shape index (κ2) is 7.23. The highest BCUT2D eigenvalue weighted by atomic mass is 19.1. The van der Waals surface area contributed by atoms with Gasteiger partial charge in [-0.3, -0.25) is 10.2 Å². The maximum atomic E-state index is 13.6. The maximum absolute atomic E-state index is 13.6. The van der Waals surface area contributed by atoms with Gasteiger partial charge in [0.25, 0.3) is 5.91 Å². The van der Waals surface area contributed by atoms with Gasteiger partial charge in [0, 0.05) is 24.0 Å². The average Bonchev–Trinajstić information content (AvgIpc) is 2.63. The minimum atomic E-state index is -0.867. The van der Waals surface area contributed by atoms with Crippen LogP contribution in [0.3, 0.4) is 0 Å². The lowest BCUT2D eigenvalue weighted by atomic mass is 9.86. The van der Waals surface area contributed by atoms with Crippen LogP contribution in [0.4, 0.5) is 10.1 Å². The molecule has 1 unspecified atom stereocenters. The van der Waals surface area contributed by atoms with Crippen LogP contribution in [0.1, 0.15) is 18.4 Å². The zero-order valence-electron chi connectivity index (χ0n) is 14.2. The quantitative estimate of drug-likeness (QED) is 0.567. The molecule has 6 N–H and O–H groups in total. The van der Waals surface area contributed by atoms with Gasteiger partial charge in [-0.15, -0.1) is 0 Å². The molecule has 0 aromatic heterocycles. The Balaban J connectivity index is 1.74. The molecule has 1 heterocycles. The van der Waals surface area contributed by atoms with Gasteiger partial charge in [0.05, 0.1) is 11.3 Å². The Morgan fingerprint density at radius 3 is 2.69 bits per heavy atom. The molecule has 26 heavy (non-hydrogen) atoms. The Morgan fingerprint density at radius 2 is 2.08 bits per heavy atom. The van der Waals surface area contributed by atoms with Gasteiger partial charge in [-0.1, -0.05) is 12.1 Å². The van der Waals surface area contributed by atoms with E-state index < -0.39 is 17.3 Å². The Kier molecular flexibility index (Phi) is 5.01. The van der Waals surface area contributed by atoms with Gasteiger partial charge in [0.1, 0.15) is 11.4 Å². The molecule has 6 nitrogen and oxygen atoms in total. The van der Waals surface area contributed by atoms with Crippen molar-refractivity contribution in [2.75, 3.05) is 18.4 Å². The SMILES string of the molecule is N=C1C(C(N)=O)=CC(F)=C/C1=C/Nc1ccc(C2(O)CCCNC2)cc1. The summed E-state index contributed by atoms with van der Waals surface area (Å²) >= 11 is 0. The zero-order valence-corrected chi connectivity index (χ0v) is 14.2. The van der Waals surface area contributed by atoms with Gasteiger partial charge in [-0.05, 0) is 49.2 Å². The first kappa shape index (κ1) is 18.0. The number of β-amino-alcohol motifs (C(OH)–C–C–N with tert-alkyl or cyclic N) is 1. The molecular formula is C19H21FN4O2. The highest BCUT2D eigenvalue weighted by molar-refractivity contribution is 6.28. The van der Waals surface area contributed by atoms with E-state index in [2.05, 4.69) is 10.6 Å². The van der Waals surface area contributed by atoms with Crippen molar-refractivity contribution in [1.29, 1.82) is 5.41 Å². The van der Waals surface area contributed by atoms with Crippen LogP contribution < -0.4 is 16.4 Å². The molecule has 2 aliphatic rings. The van der Waals surface area contributed by atoms with E-state index in [0.29, 0.717) is 18.7 Å². The number of halogens is 1. The Hall–Kier alpha value is -2.77. The van der Waals surface area contributed by atoms with E-state index in [-0.39, 0.29) is 16.9 Å². The maximum Gasteiger partial charge on any atom is 0.250 e. The number of carbonyl (C=O) groups excluding carboxylic acids is 1. The monoisotopic (exact) mass is 356 g/mol. The molecule has 0 bridgehead atoms. The highest BCUT2D eigenvalue weighted by Crippen LogP contribution is 2.29. The van der Waals surface area contributed by atoms with Crippen molar-refractivity contribution < 1.29 is 14.3 Å². The number of rotatable bonds is 4. The lowest BCUT2D eigenvalue weighted by Crippen LogP contribution is -2.43. The topological polar surface area (TPSA) is 111 Å². The number of allylic oxidation sites excluding steroid dienone is 4. The third-order valence-corrected chi connectivity index (χ3v) is 4.58. The number of nitrogens with one attached hydrogen (secondary N) is 3. The van der Waals surface area contributed by atoms with Crippen LogP contribution in [0.5, 0.6) is 0 Å². The fourth-order valence-corrected chi connectivity index (χ4v) is 3.11. The number of benzene rings is 1. The van der Waals surface area contributed by atoms with E-state index in [9.17, 15) is 14.3 Å². The Morgan fingerprint density at radius 1 is 1.35 bits per heavy atom.